The van der Waals surface area contributed by atoms with Crippen LogP contribution in [0, 0.1) is 19.8 Å². The second-order valence-corrected chi connectivity index (χ2v) is 7.06. The Labute approximate surface area is 152 Å². The molecule has 1 unspecified atom stereocenters. The first-order valence-corrected chi connectivity index (χ1v) is 8.69. The van der Waals surface area contributed by atoms with Gasteiger partial charge in [-0.3, -0.25) is 9.59 Å². The van der Waals surface area contributed by atoms with E-state index in [1.165, 1.54) is 11.2 Å². The van der Waals surface area contributed by atoms with Crippen LogP contribution >= 0.6 is 0 Å². The molecule has 0 fully saturated rings. The smallest absolute Gasteiger partial charge is 0.290 e. The fourth-order valence-corrected chi connectivity index (χ4v) is 3.28. The molecule has 2 heterocycles. The molecule has 0 saturated carbocycles. The Bertz CT molecular complexity index is 877. The number of carbonyl (C=O) groups is 2. The van der Waals surface area contributed by atoms with E-state index in [1.807, 2.05) is 32.0 Å². The normalized spacial score (nSPS) is 17.5. The van der Waals surface area contributed by atoms with Crippen LogP contribution in [0.25, 0.3) is 0 Å². The van der Waals surface area contributed by atoms with E-state index >= 15 is 0 Å². The Morgan fingerprint density at radius 1 is 1.27 bits per heavy atom. The van der Waals surface area contributed by atoms with Crippen LogP contribution in [0.3, 0.4) is 0 Å². The van der Waals surface area contributed by atoms with Gasteiger partial charge in [-0.05, 0) is 37.1 Å². The number of Topliss-reactive ketones (excluding diaryl/α,β-unsaturated/α-hetero) is 1. The van der Waals surface area contributed by atoms with Gasteiger partial charge in [0.15, 0.2) is 11.5 Å². The zero-order valence-corrected chi connectivity index (χ0v) is 15.4. The maximum atomic E-state index is 12.8. The van der Waals surface area contributed by atoms with E-state index in [1.54, 1.807) is 26.0 Å². The monoisotopic (exact) mass is 353 g/mol. The highest BCUT2D eigenvalue weighted by Gasteiger charge is 2.45. The average molecular weight is 353 g/mol. The van der Waals surface area contributed by atoms with Gasteiger partial charge < -0.3 is 14.4 Å². The number of hydrogen-bond donors (Lipinski definition) is 1. The Balaban J connectivity index is 2.06. The average Bonchev–Trinajstić information content (AvgIpc) is 3.20. The largest absolute Gasteiger partial charge is 0.503 e. The van der Waals surface area contributed by atoms with E-state index in [2.05, 4.69) is 0 Å². The molecule has 1 aromatic carbocycles. The summed E-state index contributed by atoms with van der Waals surface area (Å²) in [5, 5.41) is 10.4. The topological polar surface area (TPSA) is 70.8 Å². The lowest BCUT2D eigenvalue weighted by atomic mass is 9.94. The minimum absolute atomic E-state index is 0.116. The van der Waals surface area contributed by atoms with Gasteiger partial charge in [0.1, 0.15) is 11.8 Å². The molecule has 0 radical (unpaired) electrons. The summed E-state index contributed by atoms with van der Waals surface area (Å²) in [6.07, 6.45) is 1.50. The number of aliphatic hydroxyl groups is 1. The molecule has 5 nitrogen and oxygen atoms in total. The van der Waals surface area contributed by atoms with Crippen molar-refractivity contribution < 1.29 is 19.1 Å². The van der Waals surface area contributed by atoms with Crippen LogP contribution in [0.15, 0.2) is 52.3 Å². The first kappa shape index (κ1) is 18.0. The molecule has 0 saturated heterocycles. The molecule has 136 valence electrons. The fourth-order valence-electron chi connectivity index (χ4n) is 3.28. The number of ketones is 1. The third kappa shape index (κ3) is 3.05. The van der Waals surface area contributed by atoms with Crippen LogP contribution in [0.4, 0.5) is 0 Å². The predicted octanol–water partition coefficient (Wildman–Crippen LogP) is 4.02. The van der Waals surface area contributed by atoms with Crippen molar-refractivity contribution in [1.29, 1.82) is 0 Å². The van der Waals surface area contributed by atoms with Crippen LogP contribution in [0.2, 0.25) is 0 Å². The quantitative estimate of drug-likeness (QED) is 0.881. The zero-order chi connectivity index (χ0) is 19.0. The predicted molar refractivity (Wildman–Crippen MR) is 97.4 cm³/mol. The molecule has 0 spiro atoms. The lowest BCUT2D eigenvalue weighted by Crippen LogP contribution is -2.31. The minimum Gasteiger partial charge on any atom is -0.503 e. The summed E-state index contributed by atoms with van der Waals surface area (Å²) in [5.41, 5.74) is 3.22. The third-order valence-electron chi connectivity index (χ3n) is 4.75. The highest BCUT2D eigenvalue weighted by Crippen LogP contribution is 2.40. The van der Waals surface area contributed by atoms with Crippen molar-refractivity contribution in [2.75, 3.05) is 0 Å². The number of furan rings is 1. The molecule has 0 aliphatic carbocycles. The van der Waals surface area contributed by atoms with Gasteiger partial charge in [-0.15, -0.1) is 0 Å². The lowest BCUT2D eigenvalue weighted by molar-refractivity contribution is -0.130. The minimum atomic E-state index is -0.715. The first-order chi connectivity index (χ1) is 12.3. The Hall–Kier alpha value is -2.82. The molecule has 26 heavy (non-hydrogen) atoms. The van der Waals surface area contributed by atoms with Crippen LogP contribution in [0.5, 0.6) is 0 Å². The maximum Gasteiger partial charge on any atom is 0.290 e. The summed E-state index contributed by atoms with van der Waals surface area (Å²) in [6, 6.07) is 8.75. The SMILES string of the molecule is Cc1ccc(C)c(CN2C(=O)C(O)=C(C(=O)C(C)C)C2c2ccco2)c1. The second kappa shape index (κ2) is 6.83. The van der Waals surface area contributed by atoms with E-state index < -0.39 is 17.7 Å². The number of rotatable bonds is 5. The zero-order valence-electron chi connectivity index (χ0n) is 15.4. The van der Waals surface area contributed by atoms with Gasteiger partial charge in [-0.2, -0.15) is 0 Å². The molecule has 1 aliphatic heterocycles. The number of benzene rings is 1. The van der Waals surface area contributed by atoms with Gasteiger partial charge in [0, 0.05) is 12.5 Å². The van der Waals surface area contributed by atoms with Gasteiger partial charge in [0.2, 0.25) is 0 Å². The first-order valence-electron chi connectivity index (χ1n) is 8.69. The van der Waals surface area contributed by atoms with E-state index in [9.17, 15) is 14.7 Å². The van der Waals surface area contributed by atoms with Crippen molar-refractivity contribution in [3.05, 3.63) is 70.4 Å². The lowest BCUT2D eigenvalue weighted by Gasteiger charge is -2.26. The third-order valence-corrected chi connectivity index (χ3v) is 4.75. The summed E-state index contributed by atoms with van der Waals surface area (Å²) in [4.78, 5) is 27.0. The van der Waals surface area contributed by atoms with E-state index in [-0.39, 0.29) is 23.8 Å². The summed E-state index contributed by atoms with van der Waals surface area (Å²) < 4.78 is 5.50. The molecule has 3 rings (SSSR count). The Morgan fingerprint density at radius 3 is 2.62 bits per heavy atom. The number of aryl methyl sites for hydroxylation is 2. The summed E-state index contributed by atoms with van der Waals surface area (Å²) >= 11 is 0. The number of amides is 1. The highest BCUT2D eigenvalue weighted by atomic mass is 16.3. The molecule has 1 aliphatic rings. The molecule has 0 bridgehead atoms. The number of nitrogens with zero attached hydrogens (tertiary/aromatic N) is 1. The van der Waals surface area contributed by atoms with Crippen LogP contribution in [-0.4, -0.2) is 21.7 Å². The van der Waals surface area contributed by atoms with E-state index in [4.69, 9.17) is 4.42 Å². The fraction of sp³-hybridized carbons (Fsp3) is 0.333. The van der Waals surface area contributed by atoms with Crippen LogP contribution in [-0.2, 0) is 16.1 Å². The number of carbonyl (C=O) groups excluding carboxylic acids is 2. The van der Waals surface area contributed by atoms with E-state index in [0.29, 0.717) is 5.76 Å². The molecule has 2 aromatic rings. The summed E-state index contributed by atoms with van der Waals surface area (Å²) in [7, 11) is 0. The maximum absolute atomic E-state index is 12.8. The molecular weight excluding hydrogens is 330 g/mol. The van der Waals surface area contributed by atoms with Crippen molar-refractivity contribution in [2.24, 2.45) is 5.92 Å². The van der Waals surface area contributed by atoms with Gasteiger partial charge >= 0.3 is 0 Å². The number of aliphatic hydroxyl groups excluding tert-OH is 1. The van der Waals surface area contributed by atoms with E-state index in [0.717, 1.165) is 16.7 Å². The Kier molecular flexibility index (Phi) is 4.72. The van der Waals surface area contributed by atoms with Crippen molar-refractivity contribution in [3.8, 4) is 0 Å². The van der Waals surface area contributed by atoms with Crippen LogP contribution in [0.1, 0.15) is 42.3 Å². The molecule has 5 heteroatoms. The molecule has 1 amide bonds. The van der Waals surface area contributed by atoms with Crippen LogP contribution < -0.4 is 0 Å². The molecular formula is C21H23NO4. The summed E-state index contributed by atoms with van der Waals surface area (Å²) in [5.74, 6) is -1.14. The molecule has 1 N–H and O–H groups in total. The van der Waals surface area contributed by atoms with Crippen molar-refractivity contribution in [3.63, 3.8) is 0 Å². The van der Waals surface area contributed by atoms with Crippen molar-refractivity contribution >= 4 is 11.7 Å². The van der Waals surface area contributed by atoms with Gasteiger partial charge in [-0.25, -0.2) is 0 Å². The highest BCUT2D eigenvalue weighted by molar-refractivity contribution is 6.09. The van der Waals surface area contributed by atoms with Crippen molar-refractivity contribution in [1.82, 2.24) is 4.90 Å². The second-order valence-electron chi connectivity index (χ2n) is 7.06. The number of hydrogen-bond acceptors (Lipinski definition) is 4. The van der Waals surface area contributed by atoms with Crippen molar-refractivity contribution in [2.45, 2.75) is 40.3 Å². The summed E-state index contributed by atoms with van der Waals surface area (Å²) in [6.45, 7) is 7.75. The molecule has 1 aromatic heterocycles. The molecule has 1 atom stereocenters. The van der Waals surface area contributed by atoms with Gasteiger partial charge in [0.25, 0.3) is 5.91 Å². The van der Waals surface area contributed by atoms with Gasteiger partial charge in [0.05, 0.1) is 11.8 Å². The van der Waals surface area contributed by atoms with Gasteiger partial charge in [-0.1, -0.05) is 37.6 Å². The standard InChI is InChI=1S/C21H23NO4/c1-12(2)19(23)17-18(16-6-5-9-26-16)22(21(25)20(17)24)11-15-10-13(3)7-8-14(15)4/h5-10,12,18,24H,11H2,1-4H3. The Morgan fingerprint density at radius 2 is 2.00 bits per heavy atom.